The number of aliphatic hydroxyl groups is 1. The zero-order chi connectivity index (χ0) is 7.98. The number of thioether (sulfide) groups is 1. The highest BCUT2D eigenvalue weighted by Gasteiger charge is 2.03. The lowest BCUT2D eigenvalue weighted by atomic mass is 10.5. The molecule has 0 aliphatic heterocycles. The molecule has 2 atom stereocenters. The average molecular weight is 164 g/mol. The fraction of sp³-hybridized carbons (Fsp3) is 1.00. The normalized spacial score (nSPS) is 16.8. The third kappa shape index (κ3) is 5.09. The van der Waals surface area contributed by atoms with Crippen LogP contribution in [0.5, 0.6) is 0 Å². The van der Waals surface area contributed by atoms with Crippen molar-refractivity contribution in [3.63, 3.8) is 0 Å². The van der Waals surface area contributed by atoms with Gasteiger partial charge in [0.15, 0.2) is 0 Å². The van der Waals surface area contributed by atoms with Crippen molar-refractivity contribution in [3.8, 4) is 0 Å². The van der Waals surface area contributed by atoms with Crippen LogP contribution in [0.4, 0.5) is 0 Å². The lowest BCUT2D eigenvalue weighted by Crippen LogP contribution is -2.12. The van der Waals surface area contributed by atoms with E-state index in [-0.39, 0.29) is 6.61 Å². The highest BCUT2D eigenvalue weighted by atomic mass is 32.2. The van der Waals surface area contributed by atoms with E-state index < -0.39 is 0 Å². The van der Waals surface area contributed by atoms with Gasteiger partial charge >= 0.3 is 0 Å². The predicted octanol–water partition coefficient (Wildman–Crippen LogP) is 1.14. The van der Waals surface area contributed by atoms with Gasteiger partial charge in [0.2, 0.25) is 0 Å². The summed E-state index contributed by atoms with van der Waals surface area (Å²) in [7, 11) is 1.70. The molecule has 0 saturated carbocycles. The monoisotopic (exact) mass is 164 g/mol. The maximum Gasteiger partial charge on any atom is 0.0633 e. The highest BCUT2D eigenvalue weighted by molar-refractivity contribution is 7.99. The van der Waals surface area contributed by atoms with Crippen molar-refractivity contribution in [1.29, 1.82) is 0 Å². The molecule has 0 aromatic carbocycles. The van der Waals surface area contributed by atoms with Gasteiger partial charge in [-0.05, 0) is 6.92 Å². The molecule has 0 rings (SSSR count). The molecular formula is C7H16O2S. The maximum atomic E-state index is 8.66. The number of hydrogen-bond donors (Lipinski definition) is 1. The number of ether oxygens (including phenoxy) is 1. The molecule has 0 fully saturated rings. The van der Waals surface area contributed by atoms with Gasteiger partial charge in [-0.15, -0.1) is 0 Å². The van der Waals surface area contributed by atoms with Crippen molar-refractivity contribution in [3.05, 3.63) is 0 Å². The summed E-state index contributed by atoms with van der Waals surface area (Å²) >= 11 is 1.73. The van der Waals surface area contributed by atoms with E-state index in [4.69, 9.17) is 9.84 Å². The van der Waals surface area contributed by atoms with E-state index in [0.29, 0.717) is 11.4 Å². The molecule has 2 nitrogen and oxygen atoms in total. The standard InChI is InChI=1S/C7H16O2S/c1-6(9-3)5-10-7(2)4-8/h6-8H,4-5H2,1-3H3. The molecule has 0 bridgehead atoms. The molecule has 0 heterocycles. The van der Waals surface area contributed by atoms with Crippen LogP contribution in [0, 0.1) is 0 Å². The molecule has 0 saturated heterocycles. The Labute approximate surface area is 67.0 Å². The molecule has 0 aliphatic carbocycles. The number of aliphatic hydroxyl groups excluding tert-OH is 1. The smallest absolute Gasteiger partial charge is 0.0633 e. The van der Waals surface area contributed by atoms with Crippen molar-refractivity contribution in [2.75, 3.05) is 19.5 Å². The van der Waals surface area contributed by atoms with Gasteiger partial charge in [-0.1, -0.05) is 6.92 Å². The molecule has 0 aliphatic rings. The van der Waals surface area contributed by atoms with Crippen molar-refractivity contribution >= 4 is 11.8 Å². The van der Waals surface area contributed by atoms with Gasteiger partial charge in [0.1, 0.15) is 0 Å². The van der Waals surface area contributed by atoms with Crippen LogP contribution < -0.4 is 0 Å². The SMILES string of the molecule is COC(C)CSC(C)CO. The third-order valence-corrected chi connectivity index (χ3v) is 2.65. The second kappa shape index (κ2) is 6.01. The van der Waals surface area contributed by atoms with Crippen molar-refractivity contribution < 1.29 is 9.84 Å². The second-order valence-corrected chi connectivity index (χ2v) is 3.84. The van der Waals surface area contributed by atoms with Crippen molar-refractivity contribution in [2.45, 2.75) is 25.2 Å². The molecule has 0 amide bonds. The van der Waals surface area contributed by atoms with Crippen molar-refractivity contribution in [2.24, 2.45) is 0 Å². The van der Waals surface area contributed by atoms with E-state index in [9.17, 15) is 0 Å². The Morgan fingerprint density at radius 2 is 2.10 bits per heavy atom. The molecule has 1 N–H and O–H groups in total. The van der Waals surface area contributed by atoms with E-state index in [2.05, 4.69) is 0 Å². The first-order valence-electron chi connectivity index (χ1n) is 3.46. The van der Waals surface area contributed by atoms with Crippen LogP contribution >= 0.6 is 11.8 Å². The van der Waals surface area contributed by atoms with Crippen molar-refractivity contribution in [1.82, 2.24) is 0 Å². The Balaban J connectivity index is 3.17. The Kier molecular flexibility index (Phi) is 6.17. The molecule has 3 heteroatoms. The number of hydrogen-bond acceptors (Lipinski definition) is 3. The van der Waals surface area contributed by atoms with E-state index in [1.165, 1.54) is 0 Å². The fourth-order valence-corrected chi connectivity index (χ4v) is 1.26. The van der Waals surface area contributed by atoms with Crippen LogP contribution in [0.3, 0.4) is 0 Å². The molecule has 10 heavy (non-hydrogen) atoms. The quantitative estimate of drug-likeness (QED) is 0.660. The minimum atomic E-state index is 0.251. The first kappa shape index (κ1) is 10.3. The van der Waals surface area contributed by atoms with Gasteiger partial charge in [-0.25, -0.2) is 0 Å². The molecule has 0 aromatic rings. The van der Waals surface area contributed by atoms with Gasteiger partial charge in [-0.2, -0.15) is 11.8 Å². The first-order chi connectivity index (χ1) is 4.70. The van der Waals surface area contributed by atoms with E-state index in [1.54, 1.807) is 18.9 Å². The van der Waals surface area contributed by atoms with E-state index >= 15 is 0 Å². The summed E-state index contributed by atoms with van der Waals surface area (Å²) in [5, 5.41) is 8.99. The summed E-state index contributed by atoms with van der Waals surface area (Å²) in [6.45, 7) is 4.28. The summed E-state index contributed by atoms with van der Waals surface area (Å²) < 4.78 is 5.04. The maximum absolute atomic E-state index is 8.66. The van der Waals surface area contributed by atoms with Gasteiger partial charge in [0.25, 0.3) is 0 Å². The molecule has 0 radical (unpaired) electrons. The Bertz CT molecular complexity index is 68.0. The zero-order valence-electron chi connectivity index (χ0n) is 6.83. The molecule has 62 valence electrons. The van der Waals surface area contributed by atoms with Gasteiger partial charge in [0, 0.05) is 18.1 Å². The molecule has 2 unspecified atom stereocenters. The predicted molar refractivity (Wildman–Crippen MR) is 45.5 cm³/mol. The van der Waals surface area contributed by atoms with E-state index in [1.807, 2.05) is 13.8 Å². The minimum Gasteiger partial charge on any atom is -0.395 e. The molecular weight excluding hydrogens is 148 g/mol. The summed E-state index contributed by atoms with van der Waals surface area (Å²) in [5.74, 6) is 0.957. The second-order valence-electron chi connectivity index (χ2n) is 2.37. The van der Waals surface area contributed by atoms with E-state index in [0.717, 1.165) is 5.75 Å². The highest BCUT2D eigenvalue weighted by Crippen LogP contribution is 2.11. The molecule has 0 spiro atoms. The summed E-state index contributed by atoms with van der Waals surface area (Å²) in [6.07, 6.45) is 0.291. The van der Waals surface area contributed by atoms with Crippen LogP contribution in [0.25, 0.3) is 0 Å². The van der Waals surface area contributed by atoms with Crippen LogP contribution in [0.2, 0.25) is 0 Å². The van der Waals surface area contributed by atoms with Crippen LogP contribution in [-0.4, -0.2) is 35.9 Å². The lowest BCUT2D eigenvalue weighted by molar-refractivity contribution is 0.137. The van der Waals surface area contributed by atoms with Crippen LogP contribution in [0.1, 0.15) is 13.8 Å². The Hall–Kier alpha value is 0.270. The summed E-state index contributed by atoms with van der Waals surface area (Å²) in [5.41, 5.74) is 0. The van der Waals surface area contributed by atoms with Gasteiger partial charge in [-0.3, -0.25) is 0 Å². The van der Waals surface area contributed by atoms with Gasteiger partial charge in [0.05, 0.1) is 12.7 Å². The number of methoxy groups -OCH3 is 1. The largest absolute Gasteiger partial charge is 0.395 e. The van der Waals surface area contributed by atoms with Crippen LogP contribution in [-0.2, 0) is 4.74 Å². The zero-order valence-corrected chi connectivity index (χ0v) is 7.65. The Morgan fingerprint density at radius 1 is 1.50 bits per heavy atom. The Morgan fingerprint density at radius 3 is 2.50 bits per heavy atom. The summed E-state index contributed by atoms with van der Waals surface area (Å²) in [4.78, 5) is 0. The topological polar surface area (TPSA) is 29.5 Å². The van der Waals surface area contributed by atoms with Crippen LogP contribution in [0.15, 0.2) is 0 Å². The van der Waals surface area contributed by atoms with Gasteiger partial charge < -0.3 is 9.84 Å². The average Bonchev–Trinajstić information content (AvgIpc) is 1.99. The lowest BCUT2D eigenvalue weighted by Gasteiger charge is -2.11. The number of rotatable bonds is 5. The fourth-order valence-electron chi connectivity index (χ4n) is 0.421. The minimum absolute atomic E-state index is 0.251. The summed E-state index contributed by atoms with van der Waals surface area (Å²) in [6, 6.07) is 0. The first-order valence-corrected chi connectivity index (χ1v) is 4.50. The molecule has 0 aromatic heterocycles. The third-order valence-electron chi connectivity index (χ3n) is 1.27.